The van der Waals surface area contributed by atoms with Crippen LogP contribution in [0.3, 0.4) is 0 Å². The van der Waals surface area contributed by atoms with E-state index < -0.39 is 0 Å². The fourth-order valence-electron chi connectivity index (χ4n) is 2.79. The molecule has 3 aromatic carbocycles. The van der Waals surface area contributed by atoms with Crippen molar-refractivity contribution in [2.45, 2.75) is 18.9 Å². The van der Waals surface area contributed by atoms with Crippen molar-refractivity contribution in [1.29, 1.82) is 0 Å². The summed E-state index contributed by atoms with van der Waals surface area (Å²) in [5.74, 6) is -0.537. The lowest BCUT2D eigenvalue weighted by molar-refractivity contribution is -0.146. The molecule has 2 heteroatoms. The maximum absolute atomic E-state index is 12.6. The van der Waals surface area contributed by atoms with Gasteiger partial charge in [-0.25, -0.2) is 0 Å². The van der Waals surface area contributed by atoms with Gasteiger partial charge in [-0.3, -0.25) is 4.79 Å². The van der Waals surface area contributed by atoms with Crippen molar-refractivity contribution in [3.63, 3.8) is 0 Å². The van der Waals surface area contributed by atoms with Gasteiger partial charge in [-0.05, 0) is 28.3 Å². The van der Waals surface area contributed by atoms with Crippen molar-refractivity contribution in [2.75, 3.05) is 0 Å². The molecule has 0 aliphatic heterocycles. The molecular formula is C22H20O2. The topological polar surface area (TPSA) is 26.3 Å². The van der Waals surface area contributed by atoms with Crippen LogP contribution >= 0.6 is 0 Å². The first-order chi connectivity index (χ1) is 11.8. The molecule has 0 radical (unpaired) electrons. The lowest BCUT2D eigenvalue weighted by Gasteiger charge is -2.15. The van der Waals surface area contributed by atoms with Gasteiger partial charge in [-0.15, -0.1) is 6.58 Å². The number of esters is 1. The average molecular weight is 316 g/mol. The second kappa shape index (κ2) is 7.60. The third-order valence-electron chi connectivity index (χ3n) is 4.09. The molecular weight excluding hydrogens is 296 g/mol. The lowest BCUT2D eigenvalue weighted by atomic mass is 9.93. The fraction of sp³-hybridized carbons (Fsp3) is 0.136. The largest absolute Gasteiger partial charge is 0.460 e. The molecule has 24 heavy (non-hydrogen) atoms. The van der Waals surface area contributed by atoms with Crippen LogP contribution in [0.4, 0.5) is 0 Å². The maximum atomic E-state index is 12.6. The van der Waals surface area contributed by atoms with Gasteiger partial charge in [-0.1, -0.05) is 78.9 Å². The summed E-state index contributed by atoms with van der Waals surface area (Å²) in [6.45, 7) is 4.07. The van der Waals surface area contributed by atoms with Gasteiger partial charge in [0.15, 0.2) is 0 Å². The molecule has 0 aliphatic rings. The highest BCUT2D eigenvalue weighted by atomic mass is 16.5. The minimum Gasteiger partial charge on any atom is -0.460 e. The van der Waals surface area contributed by atoms with Gasteiger partial charge in [0.05, 0.1) is 5.92 Å². The summed E-state index contributed by atoms with van der Waals surface area (Å²) < 4.78 is 5.52. The number of ether oxygens (including phenoxy) is 1. The molecule has 0 fully saturated rings. The van der Waals surface area contributed by atoms with Crippen LogP contribution in [0, 0.1) is 0 Å². The first-order valence-electron chi connectivity index (χ1n) is 8.08. The van der Waals surface area contributed by atoms with Crippen molar-refractivity contribution in [3.8, 4) is 0 Å². The van der Waals surface area contributed by atoms with E-state index in [-0.39, 0.29) is 11.9 Å². The number of carbonyl (C=O) groups is 1. The van der Waals surface area contributed by atoms with Crippen LogP contribution in [0.25, 0.3) is 10.8 Å². The summed E-state index contributed by atoms with van der Waals surface area (Å²) in [7, 11) is 0. The van der Waals surface area contributed by atoms with Crippen LogP contribution in [0.1, 0.15) is 23.5 Å². The number of hydrogen-bond acceptors (Lipinski definition) is 2. The molecule has 0 N–H and O–H groups in total. The highest BCUT2D eigenvalue weighted by Gasteiger charge is 2.21. The van der Waals surface area contributed by atoms with Crippen molar-refractivity contribution >= 4 is 16.7 Å². The van der Waals surface area contributed by atoms with Crippen LogP contribution < -0.4 is 0 Å². The zero-order valence-corrected chi connectivity index (χ0v) is 13.5. The summed E-state index contributed by atoms with van der Waals surface area (Å²) in [5, 5.41) is 2.29. The molecule has 1 unspecified atom stereocenters. The molecule has 2 nitrogen and oxygen atoms in total. The van der Waals surface area contributed by atoms with Gasteiger partial charge < -0.3 is 4.74 Å². The number of fused-ring (bicyclic) bond motifs is 1. The Balaban J connectivity index is 1.79. The summed E-state index contributed by atoms with van der Waals surface area (Å²) in [5.41, 5.74) is 1.95. The van der Waals surface area contributed by atoms with E-state index in [1.165, 1.54) is 0 Å². The summed E-state index contributed by atoms with van der Waals surface area (Å²) in [6.07, 6.45) is 2.33. The molecule has 0 spiro atoms. The van der Waals surface area contributed by atoms with E-state index in [0.717, 1.165) is 21.9 Å². The minimum absolute atomic E-state index is 0.214. The number of carbonyl (C=O) groups excluding carboxylic acids is 1. The van der Waals surface area contributed by atoms with Crippen LogP contribution in [0.2, 0.25) is 0 Å². The third kappa shape index (κ3) is 3.72. The SMILES string of the molecule is C=CCC(C(=O)OCc1ccccc1)c1ccc2ccccc2c1. The Morgan fingerprint density at radius 3 is 2.42 bits per heavy atom. The summed E-state index contributed by atoms with van der Waals surface area (Å²) >= 11 is 0. The van der Waals surface area contributed by atoms with Gasteiger partial charge in [-0.2, -0.15) is 0 Å². The van der Waals surface area contributed by atoms with Crippen molar-refractivity contribution in [2.24, 2.45) is 0 Å². The van der Waals surface area contributed by atoms with E-state index in [1.807, 2.05) is 54.6 Å². The summed E-state index contributed by atoms with van der Waals surface area (Å²) in [4.78, 5) is 12.6. The Labute approximate surface area is 142 Å². The molecule has 120 valence electrons. The van der Waals surface area contributed by atoms with Crippen LogP contribution in [0.15, 0.2) is 85.5 Å². The van der Waals surface area contributed by atoms with Gasteiger partial charge in [0.25, 0.3) is 0 Å². The Morgan fingerprint density at radius 2 is 1.67 bits per heavy atom. The van der Waals surface area contributed by atoms with Gasteiger partial charge >= 0.3 is 5.97 Å². The Bertz CT molecular complexity index is 837. The molecule has 1 atom stereocenters. The normalized spacial score (nSPS) is 11.8. The number of rotatable bonds is 6. The number of benzene rings is 3. The van der Waals surface area contributed by atoms with Gasteiger partial charge in [0.1, 0.15) is 6.61 Å². The third-order valence-corrected chi connectivity index (χ3v) is 4.09. The highest BCUT2D eigenvalue weighted by Crippen LogP contribution is 2.26. The Morgan fingerprint density at radius 1 is 0.958 bits per heavy atom. The first-order valence-corrected chi connectivity index (χ1v) is 8.08. The van der Waals surface area contributed by atoms with Crippen molar-refractivity contribution in [3.05, 3.63) is 96.6 Å². The predicted octanol–water partition coefficient (Wildman–Crippen LogP) is 5.24. The quantitative estimate of drug-likeness (QED) is 0.459. The van der Waals surface area contributed by atoms with E-state index in [2.05, 4.69) is 24.8 Å². The average Bonchev–Trinajstić information content (AvgIpc) is 2.64. The minimum atomic E-state index is -0.323. The molecule has 0 saturated heterocycles. The molecule has 0 amide bonds. The van der Waals surface area contributed by atoms with Crippen LogP contribution in [-0.2, 0) is 16.1 Å². The van der Waals surface area contributed by atoms with Crippen LogP contribution in [0.5, 0.6) is 0 Å². The Kier molecular flexibility index (Phi) is 5.07. The maximum Gasteiger partial charge on any atom is 0.314 e. The highest BCUT2D eigenvalue weighted by molar-refractivity contribution is 5.86. The van der Waals surface area contributed by atoms with E-state index in [0.29, 0.717) is 13.0 Å². The zero-order chi connectivity index (χ0) is 16.8. The predicted molar refractivity (Wildman–Crippen MR) is 97.7 cm³/mol. The van der Waals surface area contributed by atoms with Crippen molar-refractivity contribution in [1.82, 2.24) is 0 Å². The second-order valence-electron chi connectivity index (χ2n) is 5.78. The molecule has 0 bridgehead atoms. The van der Waals surface area contributed by atoms with E-state index in [9.17, 15) is 4.79 Å². The Hall–Kier alpha value is -2.87. The molecule has 0 aliphatic carbocycles. The molecule has 0 aromatic heterocycles. The lowest BCUT2D eigenvalue weighted by Crippen LogP contribution is -2.15. The van der Waals surface area contributed by atoms with E-state index in [1.54, 1.807) is 6.08 Å². The first kappa shape index (κ1) is 16.0. The molecule has 3 rings (SSSR count). The monoisotopic (exact) mass is 316 g/mol. The standard InChI is InChI=1S/C22H20O2/c1-2-8-21(22(23)24-16-17-9-4-3-5-10-17)20-14-13-18-11-6-7-12-19(18)15-20/h2-7,9-15,21H,1,8,16H2. The van der Waals surface area contributed by atoms with Gasteiger partial charge in [0, 0.05) is 0 Å². The number of allylic oxidation sites excluding steroid dienone is 1. The van der Waals surface area contributed by atoms with Crippen molar-refractivity contribution < 1.29 is 9.53 Å². The van der Waals surface area contributed by atoms with E-state index >= 15 is 0 Å². The second-order valence-corrected chi connectivity index (χ2v) is 5.78. The van der Waals surface area contributed by atoms with E-state index in [4.69, 9.17) is 4.74 Å². The molecule has 0 saturated carbocycles. The van der Waals surface area contributed by atoms with Gasteiger partial charge in [0.2, 0.25) is 0 Å². The molecule has 0 heterocycles. The fourth-order valence-corrected chi connectivity index (χ4v) is 2.79. The smallest absolute Gasteiger partial charge is 0.314 e. The molecule has 3 aromatic rings. The number of hydrogen-bond donors (Lipinski definition) is 0. The summed E-state index contributed by atoms with van der Waals surface area (Å²) in [6, 6.07) is 24.0. The van der Waals surface area contributed by atoms with Crippen LogP contribution in [-0.4, -0.2) is 5.97 Å². The zero-order valence-electron chi connectivity index (χ0n) is 13.5.